The third-order valence-corrected chi connectivity index (χ3v) is 4.04. The van der Waals surface area contributed by atoms with Crippen LogP contribution >= 0.6 is 39.1 Å². The van der Waals surface area contributed by atoms with Crippen molar-refractivity contribution in [1.82, 2.24) is 0 Å². The summed E-state index contributed by atoms with van der Waals surface area (Å²) in [5, 5.41) is 11.3. The lowest BCUT2D eigenvalue weighted by molar-refractivity contribution is 0.220. The Hall–Kier alpha value is -0.540. The molecule has 1 N–H and O–H groups in total. The van der Waals surface area contributed by atoms with E-state index in [1.807, 2.05) is 18.2 Å². The van der Waals surface area contributed by atoms with Crippen molar-refractivity contribution in [3.8, 4) is 0 Å². The lowest BCUT2D eigenvalue weighted by Crippen LogP contribution is -2.00. The molecule has 0 aliphatic carbocycles. The van der Waals surface area contributed by atoms with Gasteiger partial charge in [0.15, 0.2) is 0 Å². The van der Waals surface area contributed by atoms with Gasteiger partial charge in [-0.15, -0.1) is 0 Å². The zero-order valence-corrected chi connectivity index (χ0v) is 11.8. The first-order valence-corrected chi connectivity index (χ1v) is 6.52. The molecule has 0 spiro atoms. The molecule has 0 aliphatic rings. The molecule has 88 valence electrons. The molecule has 2 rings (SSSR count). The van der Waals surface area contributed by atoms with Crippen molar-refractivity contribution in [3.05, 3.63) is 68.1 Å². The predicted octanol–water partition coefficient (Wildman–Crippen LogP) is 4.84. The Balaban J connectivity index is 2.40. The normalized spacial score (nSPS) is 12.5. The van der Waals surface area contributed by atoms with Crippen molar-refractivity contribution in [2.24, 2.45) is 0 Å². The van der Waals surface area contributed by atoms with Gasteiger partial charge in [0.2, 0.25) is 0 Å². The average Bonchev–Trinajstić information content (AvgIpc) is 2.32. The van der Waals surface area contributed by atoms with Crippen molar-refractivity contribution in [2.45, 2.75) is 6.10 Å². The average molecular weight is 332 g/mol. The number of halogens is 3. The molecule has 1 atom stereocenters. The highest BCUT2D eigenvalue weighted by Crippen LogP contribution is 2.31. The van der Waals surface area contributed by atoms with Crippen molar-refractivity contribution >= 4 is 39.1 Å². The largest absolute Gasteiger partial charge is 0.384 e. The summed E-state index contributed by atoms with van der Waals surface area (Å²) in [6.07, 6.45) is -0.769. The molecule has 0 amide bonds. The topological polar surface area (TPSA) is 20.2 Å². The first-order chi connectivity index (χ1) is 8.09. The van der Waals surface area contributed by atoms with Crippen LogP contribution in [0.3, 0.4) is 0 Å². The number of benzene rings is 2. The number of hydrogen-bond donors (Lipinski definition) is 1. The van der Waals surface area contributed by atoms with E-state index in [9.17, 15) is 5.11 Å². The second-order valence-electron chi connectivity index (χ2n) is 3.60. The van der Waals surface area contributed by atoms with E-state index in [-0.39, 0.29) is 0 Å². The minimum Gasteiger partial charge on any atom is -0.384 e. The van der Waals surface area contributed by atoms with Gasteiger partial charge in [-0.1, -0.05) is 47.5 Å². The molecule has 2 aromatic carbocycles. The van der Waals surface area contributed by atoms with Crippen molar-refractivity contribution in [1.29, 1.82) is 0 Å². The summed E-state index contributed by atoms with van der Waals surface area (Å²) < 4.78 is 0.800. The summed E-state index contributed by atoms with van der Waals surface area (Å²) in [7, 11) is 0. The maximum absolute atomic E-state index is 10.2. The smallest absolute Gasteiger partial charge is 0.106 e. The molecule has 2 aromatic rings. The maximum Gasteiger partial charge on any atom is 0.106 e. The van der Waals surface area contributed by atoms with E-state index in [1.165, 1.54) is 0 Å². The summed E-state index contributed by atoms with van der Waals surface area (Å²) in [6.45, 7) is 0. The van der Waals surface area contributed by atoms with Crippen LogP contribution in [0.4, 0.5) is 0 Å². The van der Waals surface area contributed by atoms with Crippen LogP contribution in [0.1, 0.15) is 17.2 Å². The van der Waals surface area contributed by atoms with Gasteiger partial charge in [-0.2, -0.15) is 0 Å². The third-order valence-electron chi connectivity index (χ3n) is 2.46. The van der Waals surface area contributed by atoms with E-state index < -0.39 is 6.10 Å². The lowest BCUT2D eigenvalue weighted by Gasteiger charge is -2.13. The van der Waals surface area contributed by atoms with Gasteiger partial charge in [-0.3, -0.25) is 0 Å². The van der Waals surface area contributed by atoms with Crippen LogP contribution in [0, 0.1) is 0 Å². The first kappa shape index (κ1) is 12.9. The standard InChI is InChI=1S/C13H9BrCl2O/c14-10-6-5-8(7-12(10)16)13(17)9-3-1-2-4-11(9)15/h1-7,13,17H. The molecule has 17 heavy (non-hydrogen) atoms. The maximum atomic E-state index is 10.2. The Morgan fingerprint density at radius 2 is 1.71 bits per heavy atom. The molecule has 1 unspecified atom stereocenters. The van der Waals surface area contributed by atoms with Gasteiger partial charge in [0.05, 0.1) is 5.02 Å². The molecule has 0 saturated carbocycles. The van der Waals surface area contributed by atoms with Crippen LogP contribution in [0.15, 0.2) is 46.9 Å². The highest BCUT2D eigenvalue weighted by molar-refractivity contribution is 9.10. The SMILES string of the molecule is OC(c1ccc(Br)c(Cl)c1)c1ccccc1Cl. The van der Waals surface area contributed by atoms with Crippen LogP contribution in [0.25, 0.3) is 0 Å². The molecule has 0 bridgehead atoms. The molecule has 1 nitrogen and oxygen atoms in total. The molecule has 0 saturated heterocycles. The summed E-state index contributed by atoms with van der Waals surface area (Å²) in [5.74, 6) is 0. The Morgan fingerprint density at radius 3 is 2.35 bits per heavy atom. The Morgan fingerprint density at radius 1 is 1.00 bits per heavy atom. The van der Waals surface area contributed by atoms with E-state index in [4.69, 9.17) is 23.2 Å². The number of rotatable bonds is 2. The van der Waals surface area contributed by atoms with Gasteiger partial charge in [0.25, 0.3) is 0 Å². The number of hydrogen-bond acceptors (Lipinski definition) is 1. The summed E-state index contributed by atoms with van der Waals surface area (Å²) in [6, 6.07) is 12.5. The molecule has 0 heterocycles. The fourth-order valence-corrected chi connectivity index (χ4v) is 2.23. The van der Waals surface area contributed by atoms with Gasteiger partial charge in [-0.25, -0.2) is 0 Å². The summed E-state index contributed by atoms with van der Waals surface area (Å²) in [4.78, 5) is 0. The zero-order valence-electron chi connectivity index (χ0n) is 8.70. The van der Waals surface area contributed by atoms with Crippen molar-refractivity contribution in [2.75, 3.05) is 0 Å². The zero-order chi connectivity index (χ0) is 12.4. The predicted molar refractivity (Wildman–Crippen MR) is 74.7 cm³/mol. The Labute approximate surface area is 118 Å². The highest BCUT2D eigenvalue weighted by Gasteiger charge is 2.14. The first-order valence-electron chi connectivity index (χ1n) is 4.97. The molecule has 4 heteroatoms. The van der Waals surface area contributed by atoms with E-state index in [1.54, 1.807) is 24.3 Å². The van der Waals surface area contributed by atoms with Gasteiger partial charge in [0, 0.05) is 15.1 Å². The Kier molecular flexibility index (Phi) is 4.10. The summed E-state index contributed by atoms with van der Waals surface area (Å²) >= 11 is 15.3. The van der Waals surface area contributed by atoms with Gasteiger partial charge in [0.1, 0.15) is 6.10 Å². The van der Waals surface area contributed by atoms with Crippen LogP contribution in [-0.2, 0) is 0 Å². The van der Waals surface area contributed by atoms with Crippen molar-refractivity contribution in [3.63, 3.8) is 0 Å². The monoisotopic (exact) mass is 330 g/mol. The van der Waals surface area contributed by atoms with E-state index in [0.29, 0.717) is 21.2 Å². The minimum absolute atomic E-state index is 0.541. The minimum atomic E-state index is -0.769. The fraction of sp³-hybridized carbons (Fsp3) is 0.0769. The third kappa shape index (κ3) is 2.83. The molecule has 0 aromatic heterocycles. The quantitative estimate of drug-likeness (QED) is 0.835. The highest BCUT2D eigenvalue weighted by atomic mass is 79.9. The van der Waals surface area contributed by atoms with E-state index in [0.717, 1.165) is 4.47 Å². The number of aliphatic hydroxyl groups is 1. The fourth-order valence-electron chi connectivity index (χ4n) is 1.56. The van der Waals surface area contributed by atoms with E-state index in [2.05, 4.69) is 15.9 Å². The summed E-state index contributed by atoms with van der Waals surface area (Å²) in [5.41, 5.74) is 1.39. The van der Waals surface area contributed by atoms with E-state index >= 15 is 0 Å². The second-order valence-corrected chi connectivity index (χ2v) is 5.27. The van der Waals surface area contributed by atoms with Gasteiger partial charge < -0.3 is 5.11 Å². The molecule has 0 radical (unpaired) electrons. The molecule has 0 aliphatic heterocycles. The molecular formula is C13H9BrCl2O. The Bertz CT molecular complexity index is 543. The van der Waals surface area contributed by atoms with Crippen molar-refractivity contribution < 1.29 is 5.11 Å². The lowest BCUT2D eigenvalue weighted by atomic mass is 10.0. The molecule has 0 fully saturated rings. The second kappa shape index (κ2) is 5.40. The van der Waals surface area contributed by atoms with Crippen LogP contribution < -0.4 is 0 Å². The van der Waals surface area contributed by atoms with Crippen LogP contribution in [-0.4, -0.2) is 5.11 Å². The number of aliphatic hydroxyl groups excluding tert-OH is 1. The van der Waals surface area contributed by atoms with Gasteiger partial charge >= 0.3 is 0 Å². The van der Waals surface area contributed by atoms with Gasteiger partial charge in [-0.05, 0) is 39.7 Å². The van der Waals surface area contributed by atoms with Crippen LogP contribution in [0.5, 0.6) is 0 Å². The van der Waals surface area contributed by atoms with Crippen LogP contribution in [0.2, 0.25) is 10.0 Å². The molecular weight excluding hydrogens is 323 g/mol.